The van der Waals surface area contributed by atoms with Crippen LogP contribution in [0.4, 0.5) is 10.5 Å². The summed E-state index contributed by atoms with van der Waals surface area (Å²) in [5, 5.41) is 21.3. The molecule has 0 atom stereocenters. The van der Waals surface area contributed by atoms with Crippen molar-refractivity contribution in [2.45, 2.75) is 6.42 Å². The van der Waals surface area contributed by atoms with Gasteiger partial charge in [0.25, 0.3) is 5.69 Å². The molecule has 4 N–H and O–H groups in total. The summed E-state index contributed by atoms with van der Waals surface area (Å²) in [6.45, 7) is 0.212. The van der Waals surface area contributed by atoms with Crippen LogP contribution in [0.5, 0.6) is 0 Å². The number of hydrogen-bond acceptors (Lipinski definition) is 4. The Morgan fingerprint density at radius 2 is 2.22 bits per heavy atom. The minimum Gasteiger partial charge on any atom is -0.465 e. The number of nitrogens with one attached hydrogen (secondary N) is 1. The van der Waals surface area contributed by atoms with Gasteiger partial charge in [-0.25, -0.2) is 4.79 Å². The third-order valence-corrected chi connectivity index (χ3v) is 2.43. The normalized spacial score (nSPS) is 9.78. The second-order valence-corrected chi connectivity index (χ2v) is 3.89. The highest BCUT2D eigenvalue weighted by Gasteiger charge is 2.15. The summed E-state index contributed by atoms with van der Waals surface area (Å²) < 4.78 is 0. The summed E-state index contributed by atoms with van der Waals surface area (Å²) in [4.78, 5) is 20.4. The average Bonchev–Trinajstić information content (AvgIpc) is 2.28. The molecule has 0 fully saturated rings. The highest BCUT2D eigenvalue weighted by atomic mass is 32.1. The molecular weight excluding hydrogens is 258 g/mol. The third kappa shape index (κ3) is 3.67. The van der Waals surface area contributed by atoms with Gasteiger partial charge in [-0.05, 0) is 18.1 Å². The van der Waals surface area contributed by atoms with E-state index >= 15 is 0 Å². The first-order valence-corrected chi connectivity index (χ1v) is 5.36. The van der Waals surface area contributed by atoms with Gasteiger partial charge in [-0.15, -0.1) is 0 Å². The van der Waals surface area contributed by atoms with Crippen LogP contribution in [0.25, 0.3) is 0 Å². The molecule has 1 rings (SSSR count). The lowest BCUT2D eigenvalue weighted by Crippen LogP contribution is -2.23. The lowest BCUT2D eigenvalue weighted by Gasteiger charge is -2.05. The zero-order valence-electron chi connectivity index (χ0n) is 9.25. The largest absolute Gasteiger partial charge is 0.465 e. The van der Waals surface area contributed by atoms with Crippen LogP contribution in [0, 0.1) is 10.1 Å². The number of nitro groups is 1. The molecule has 0 aliphatic heterocycles. The standard InChI is InChI=1S/C10H11N3O4S/c11-9(18)7-5-6(3-4-12-10(14)15)1-2-8(7)13(16)17/h1-2,5,12H,3-4H2,(H2,11,18)(H,14,15). The lowest BCUT2D eigenvalue weighted by atomic mass is 10.1. The summed E-state index contributed by atoms with van der Waals surface area (Å²) in [6, 6.07) is 4.36. The molecule has 1 aromatic rings. The smallest absolute Gasteiger partial charge is 0.404 e. The molecule has 0 saturated heterocycles. The number of nitro benzene ring substituents is 1. The number of hydrogen-bond donors (Lipinski definition) is 3. The number of carboxylic acid groups (broad SMARTS) is 1. The Hall–Kier alpha value is -2.22. The second-order valence-electron chi connectivity index (χ2n) is 3.45. The first-order chi connectivity index (χ1) is 8.41. The molecule has 8 heteroatoms. The van der Waals surface area contributed by atoms with E-state index in [1.165, 1.54) is 12.1 Å². The van der Waals surface area contributed by atoms with Crippen molar-refractivity contribution in [1.29, 1.82) is 0 Å². The van der Waals surface area contributed by atoms with Crippen LogP contribution >= 0.6 is 12.2 Å². The molecule has 0 aliphatic rings. The molecule has 0 spiro atoms. The van der Waals surface area contributed by atoms with E-state index in [4.69, 9.17) is 23.1 Å². The van der Waals surface area contributed by atoms with Gasteiger partial charge in [0.2, 0.25) is 0 Å². The van der Waals surface area contributed by atoms with Crippen LogP contribution in [0.15, 0.2) is 18.2 Å². The van der Waals surface area contributed by atoms with Crippen molar-refractivity contribution in [2.75, 3.05) is 6.54 Å². The minimum absolute atomic E-state index is 0.0604. The van der Waals surface area contributed by atoms with Crippen molar-refractivity contribution in [3.05, 3.63) is 39.4 Å². The monoisotopic (exact) mass is 269 g/mol. The lowest BCUT2D eigenvalue weighted by molar-refractivity contribution is -0.385. The van der Waals surface area contributed by atoms with Gasteiger partial charge in [0.05, 0.1) is 10.5 Å². The van der Waals surface area contributed by atoms with Gasteiger partial charge >= 0.3 is 6.09 Å². The van der Waals surface area contributed by atoms with Crippen LogP contribution < -0.4 is 11.1 Å². The maximum atomic E-state index is 10.7. The van der Waals surface area contributed by atoms with Gasteiger partial charge < -0.3 is 16.2 Å². The fraction of sp³-hybridized carbons (Fsp3) is 0.200. The fourth-order valence-corrected chi connectivity index (χ4v) is 1.57. The SMILES string of the molecule is NC(=S)c1cc(CCNC(=O)O)ccc1[N+](=O)[O-]. The Morgan fingerprint density at radius 3 is 2.72 bits per heavy atom. The second kappa shape index (κ2) is 5.92. The predicted octanol–water partition coefficient (Wildman–Crippen LogP) is 1.04. The van der Waals surface area contributed by atoms with E-state index < -0.39 is 11.0 Å². The van der Waals surface area contributed by atoms with Crippen LogP contribution in [-0.2, 0) is 6.42 Å². The number of nitrogens with two attached hydrogens (primary N) is 1. The Bertz CT molecular complexity index is 504. The highest BCUT2D eigenvalue weighted by molar-refractivity contribution is 7.80. The Labute approximate surface area is 108 Å². The summed E-state index contributed by atoms with van der Waals surface area (Å²) >= 11 is 4.75. The van der Waals surface area contributed by atoms with Gasteiger partial charge in [0, 0.05) is 12.6 Å². The van der Waals surface area contributed by atoms with Crippen molar-refractivity contribution < 1.29 is 14.8 Å². The quantitative estimate of drug-likeness (QED) is 0.417. The summed E-state index contributed by atoms with van der Waals surface area (Å²) in [7, 11) is 0. The molecule has 18 heavy (non-hydrogen) atoms. The van der Waals surface area contributed by atoms with E-state index in [2.05, 4.69) is 5.32 Å². The molecule has 1 amide bonds. The van der Waals surface area contributed by atoms with Crippen molar-refractivity contribution in [3.8, 4) is 0 Å². The van der Waals surface area contributed by atoms with Crippen LogP contribution in [0.3, 0.4) is 0 Å². The number of benzene rings is 1. The van der Waals surface area contributed by atoms with Crippen molar-refractivity contribution in [1.82, 2.24) is 5.32 Å². The molecule has 0 radical (unpaired) electrons. The first-order valence-electron chi connectivity index (χ1n) is 4.95. The van der Waals surface area contributed by atoms with Crippen LogP contribution in [0.1, 0.15) is 11.1 Å². The van der Waals surface area contributed by atoms with Crippen molar-refractivity contribution in [2.24, 2.45) is 5.73 Å². The van der Waals surface area contributed by atoms with E-state index in [1.54, 1.807) is 6.07 Å². The zero-order chi connectivity index (χ0) is 13.7. The molecular formula is C10H11N3O4S. The van der Waals surface area contributed by atoms with E-state index in [1.807, 2.05) is 0 Å². The average molecular weight is 269 g/mol. The van der Waals surface area contributed by atoms with Gasteiger partial charge in [0.15, 0.2) is 0 Å². The Balaban J connectivity index is 2.90. The van der Waals surface area contributed by atoms with Crippen molar-refractivity contribution in [3.63, 3.8) is 0 Å². The molecule has 0 aromatic heterocycles. The van der Waals surface area contributed by atoms with Crippen molar-refractivity contribution >= 4 is 29.0 Å². The molecule has 96 valence electrons. The molecule has 0 unspecified atom stereocenters. The van der Waals surface area contributed by atoms with Gasteiger partial charge in [-0.1, -0.05) is 18.3 Å². The van der Waals surface area contributed by atoms with Gasteiger partial charge in [0.1, 0.15) is 4.99 Å². The van der Waals surface area contributed by atoms with Crippen LogP contribution in [0.2, 0.25) is 0 Å². The third-order valence-electron chi connectivity index (χ3n) is 2.21. The fourth-order valence-electron chi connectivity index (χ4n) is 1.41. The molecule has 1 aromatic carbocycles. The topological polar surface area (TPSA) is 118 Å². The number of thiocarbonyl (C=S) groups is 1. The van der Waals surface area contributed by atoms with Gasteiger partial charge in [-0.2, -0.15) is 0 Å². The summed E-state index contributed by atoms with van der Waals surface area (Å²) in [5.74, 6) is 0. The predicted molar refractivity (Wildman–Crippen MR) is 68.7 cm³/mol. The van der Waals surface area contributed by atoms with E-state index in [0.717, 1.165) is 5.56 Å². The zero-order valence-corrected chi connectivity index (χ0v) is 10.1. The maximum absolute atomic E-state index is 10.7. The molecule has 0 saturated carbocycles. The molecule has 7 nitrogen and oxygen atoms in total. The van der Waals surface area contributed by atoms with E-state index in [0.29, 0.717) is 6.42 Å². The Kier molecular flexibility index (Phi) is 4.55. The minimum atomic E-state index is -1.12. The number of rotatable bonds is 5. The summed E-state index contributed by atoms with van der Waals surface area (Å²) in [6.07, 6.45) is -0.716. The maximum Gasteiger partial charge on any atom is 0.404 e. The van der Waals surface area contributed by atoms with E-state index in [-0.39, 0.29) is 22.8 Å². The Morgan fingerprint density at radius 1 is 1.56 bits per heavy atom. The van der Waals surface area contributed by atoms with Crippen LogP contribution in [-0.4, -0.2) is 27.7 Å². The number of carbonyl (C=O) groups is 1. The highest BCUT2D eigenvalue weighted by Crippen LogP contribution is 2.20. The van der Waals surface area contributed by atoms with E-state index in [9.17, 15) is 14.9 Å². The number of amides is 1. The molecule has 0 bridgehead atoms. The number of nitrogens with zero attached hydrogens (tertiary/aromatic N) is 1. The molecule has 0 heterocycles. The summed E-state index contributed by atoms with van der Waals surface area (Å²) in [5.41, 5.74) is 6.16. The first kappa shape index (κ1) is 13.8. The molecule has 0 aliphatic carbocycles. The van der Waals surface area contributed by atoms with Gasteiger partial charge in [-0.3, -0.25) is 10.1 Å².